The third-order valence-corrected chi connectivity index (χ3v) is 4.97. The molecule has 2 aliphatic heterocycles. The van der Waals surface area contributed by atoms with Gasteiger partial charge in [-0.15, -0.1) is 0 Å². The van der Waals surface area contributed by atoms with Gasteiger partial charge in [0, 0.05) is 51.7 Å². The van der Waals surface area contributed by atoms with Crippen molar-refractivity contribution >= 4 is 17.6 Å². The molecule has 4 rings (SSSR count). The molecule has 7 nitrogen and oxygen atoms in total. The van der Waals surface area contributed by atoms with Crippen LogP contribution >= 0.6 is 0 Å². The molecule has 0 aliphatic carbocycles. The first-order valence-electron chi connectivity index (χ1n) is 8.86. The van der Waals surface area contributed by atoms with Crippen molar-refractivity contribution in [3.05, 3.63) is 36.7 Å². The molecule has 1 unspecified atom stereocenters. The van der Waals surface area contributed by atoms with Crippen molar-refractivity contribution in [1.29, 1.82) is 0 Å². The van der Waals surface area contributed by atoms with Gasteiger partial charge in [0.25, 0.3) is 0 Å². The third-order valence-electron chi connectivity index (χ3n) is 4.97. The second-order valence-corrected chi connectivity index (χ2v) is 6.50. The molecule has 2 saturated heterocycles. The summed E-state index contributed by atoms with van der Waals surface area (Å²) in [4.78, 5) is 20.5. The highest BCUT2D eigenvalue weighted by molar-refractivity contribution is 5.47. The van der Waals surface area contributed by atoms with Crippen molar-refractivity contribution in [1.82, 2.24) is 15.0 Å². The second kappa shape index (κ2) is 7.23. The van der Waals surface area contributed by atoms with E-state index in [9.17, 15) is 0 Å². The fraction of sp³-hybridized carbons (Fsp3) is 0.500. The zero-order valence-corrected chi connectivity index (χ0v) is 14.6. The molecule has 0 radical (unpaired) electrons. The van der Waals surface area contributed by atoms with Crippen LogP contribution in [-0.4, -0.2) is 67.4 Å². The van der Waals surface area contributed by atoms with Gasteiger partial charge in [0.1, 0.15) is 11.6 Å². The summed E-state index contributed by atoms with van der Waals surface area (Å²) in [7, 11) is 2.12. The first-order valence-corrected chi connectivity index (χ1v) is 8.86. The minimum Gasteiger partial charge on any atom is -0.378 e. The second-order valence-electron chi connectivity index (χ2n) is 6.50. The van der Waals surface area contributed by atoms with E-state index in [2.05, 4.69) is 37.8 Å². The molecule has 0 amide bonds. The number of rotatable bonds is 4. The van der Waals surface area contributed by atoms with Crippen molar-refractivity contribution in [3.63, 3.8) is 0 Å². The maximum atomic E-state index is 5.41. The lowest BCUT2D eigenvalue weighted by Crippen LogP contribution is -2.38. The summed E-state index contributed by atoms with van der Waals surface area (Å²) in [5.41, 5.74) is 0. The number of likely N-dealkylation sites (N-methyl/N-ethyl adjacent to an activating group) is 1. The van der Waals surface area contributed by atoms with Crippen LogP contribution in [0.15, 0.2) is 36.7 Å². The van der Waals surface area contributed by atoms with Gasteiger partial charge in [0.05, 0.1) is 13.2 Å². The van der Waals surface area contributed by atoms with Crippen molar-refractivity contribution < 1.29 is 4.74 Å². The molecule has 2 aromatic heterocycles. The third kappa shape index (κ3) is 3.51. The number of hydrogen-bond donors (Lipinski definition) is 0. The lowest BCUT2D eigenvalue weighted by molar-refractivity contribution is 0.122. The van der Waals surface area contributed by atoms with Crippen LogP contribution in [-0.2, 0) is 4.74 Å². The summed E-state index contributed by atoms with van der Waals surface area (Å²) in [6.07, 6.45) is 4.81. The zero-order valence-electron chi connectivity index (χ0n) is 14.6. The molecule has 0 bridgehead atoms. The highest BCUT2D eigenvalue weighted by atomic mass is 16.5. The molecule has 25 heavy (non-hydrogen) atoms. The van der Waals surface area contributed by atoms with E-state index in [1.807, 2.05) is 30.6 Å². The Morgan fingerprint density at radius 2 is 1.92 bits per heavy atom. The predicted molar refractivity (Wildman–Crippen MR) is 98.3 cm³/mol. The molecule has 0 N–H and O–H groups in total. The van der Waals surface area contributed by atoms with Crippen molar-refractivity contribution in [3.8, 4) is 0 Å². The molecule has 7 heteroatoms. The van der Waals surface area contributed by atoms with Gasteiger partial charge in [0.2, 0.25) is 5.95 Å². The van der Waals surface area contributed by atoms with Gasteiger partial charge in [0.15, 0.2) is 0 Å². The number of hydrogen-bond acceptors (Lipinski definition) is 7. The molecule has 0 spiro atoms. The standard InChI is InChI=1S/C18H24N6O/c1-22(15-6-9-24(14-15)16-4-2-3-7-19-16)17-5-8-20-18(21-17)23-10-12-25-13-11-23/h2-5,7-8,15H,6,9-14H2,1H3. The summed E-state index contributed by atoms with van der Waals surface area (Å²) in [5, 5.41) is 0. The van der Waals surface area contributed by atoms with E-state index >= 15 is 0 Å². The number of nitrogens with zero attached hydrogens (tertiary/aromatic N) is 6. The van der Waals surface area contributed by atoms with Gasteiger partial charge in [-0.1, -0.05) is 6.07 Å². The van der Waals surface area contributed by atoms with Gasteiger partial charge in [-0.3, -0.25) is 0 Å². The minimum atomic E-state index is 0.425. The average molecular weight is 340 g/mol. The van der Waals surface area contributed by atoms with Crippen LogP contribution in [0.4, 0.5) is 17.6 Å². The molecule has 0 saturated carbocycles. The first-order chi connectivity index (χ1) is 12.3. The Balaban J connectivity index is 1.45. The van der Waals surface area contributed by atoms with Crippen molar-refractivity contribution in [2.24, 2.45) is 0 Å². The number of anilines is 3. The van der Waals surface area contributed by atoms with Gasteiger partial charge < -0.3 is 19.4 Å². The quantitative estimate of drug-likeness (QED) is 0.834. The summed E-state index contributed by atoms with van der Waals surface area (Å²) in [6.45, 7) is 5.17. The maximum Gasteiger partial charge on any atom is 0.227 e. The van der Waals surface area contributed by atoms with Crippen molar-refractivity contribution in [2.45, 2.75) is 12.5 Å². The number of ether oxygens (including phenoxy) is 1. The lowest BCUT2D eigenvalue weighted by Gasteiger charge is -2.29. The van der Waals surface area contributed by atoms with E-state index in [4.69, 9.17) is 9.72 Å². The van der Waals surface area contributed by atoms with E-state index in [1.54, 1.807) is 0 Å². The van der Waals surface area contributed by atoms with E-state index in [1.165, 1.54) is 0 Å². The summed E-state index contributed by atoms with van der Waals surface area (Å²) in [6, 6.07) is 8.49. The Morgan fingerprint density at radius 1 is 1.04 bits per heavy atom. The van der Waals surface area contributed by atoms with Gasteiger partial charge in [-0.25, -0.2) is 9.97 Å². The van der Waals surface area contributed by atoms with E-state index in [0.717, 1.165) is 63.4 Å². The van der Waals surface area contributed by atoms with E-state index in [0.29, 0.717) is 6.04 Å². The van der Waals surface area contributed by atoms with E-state index in [-0.39, 0.29) is 0 Å². The van der Waals surface area contributed by atoms with Crippen LogP contribution in [0.2, 0.25) is 0 Å². The SMILES string of the molecule is CN(c1ccnc(N2CCOCC2)n1)C1CCN(c2ccccn2)C1. The van der Waals surface area contributed by atoms with Crippen LogP contribution < -0.4 is 14.7 Å². The Bertz CT molecular complexity index is 691. The summed E-state index contributed by atoms with van der Waals surface area (Å²) >= 11 is 0. The fourth-order valence-electron chi connectivity index (χ4n) is 3.45. The molecule has 2 aliphatic rings. The molecular weight excluding hydrogens is 316 g/mol. The Morgan fingerprint density at radius 3 is 2.72 bits per heavy atom. The largest absolute Gasteiger partial charge is 0.378 e. The topological polar surface area (TPSA) is 57.6 Å². The molecule has 0 aromatic carbocycles. The lowest BCUT2D eigenvalue weighted by atomic mass is 10.2. The van der Waals surface area contributed by atoms with Crippen LogP contribution in [0, 0.1) is 0 Å². The predicted octanol–water partition coefficient (Wildman–Crippen LogP) is 1.42. The highest BCUT2D eigenvalue weighted by Crippen LogP contribution is 2.24. The number of aromatic nitrogens is 3. The van der Waals surface area contributed by atoms with Gasteiger partial charge >= 0.3 is 0 Å². The Hall–Kier alpha value is -2.41. The summed E-state index contributed by atoms with van der Waals surface area (Å²) in [5.74, 6) is 2.83. The van der Waals surface area contributed by atoms with Crippen LogP contribution in [0.5, 0.6) is 0 Å². The zero-order chi connectivity index (χ0) is 17.1. The number of morpholine rings is 1. The van der Waals surface area contributed by atoms with Crippen LogP contribution in [0.3, 0.4) is 0 Å². The minimum absolute atomic E-state index is 0.425. The fourth-order valence-corrected chi connectivity index (χ4v) is 3.45. The average Bonchev–Trinajstić information content (AvgIpc) is 3.19. The van der Waals surface area contributed by atoms with Crippen molar-refractivity contribution in [2.75, 3.05) is 61.1 Å². The molecule has 1 atom stereocenters. The van der Waals surface area contributed by atoms with Crippen LogP contribution in [0.25, 0.3) is 0 Å². The van der Waals surface area contributed by atoms with Gasteiger partial charge in [-0.2, -0.15) is 4.98 Å². The van der Waals surface area contributed by atoms with E-state index < -0.39 is 0 Å². The molecule has 2 fully saturated rings. The highest BCUT2D eigenvalue weighted by Gasteiger charge is 2.27. The smallest absolute Gasteiger partial charge is 0.227 e. The Labute approximate surface area is 148 Å². The normalized spacial score (nSPS) is 20.8. The molecule has 4 heterocycles. The van der Waals surface area contributed by atoms with Crippen LogP contribution in [0.1, 0.15) is 6.42 Å². The Kier molecular flexibility index (Phi) is 4.65. The molecular formula is C18H24N6O. The monoisotopic (exact) mass is 340 g/mol. The first kappa shape index (κ1) is 16.1. The summed E-state index contributed by atoms with van der Waals surface area (Å²) < 4.78 is 5.41. The number of pyridine rings is 1. The molecule has 132 valence electrons. The molecule has 2 aromatic rings. The maximum absolute atomic E-state index is 5.41. The van der Waals surface area contributed by atoms with Gasteiger partial charge in [-0.05, 0) is 24.6 Å².